The second-order valence-electron chi connectivity index (χ2n) is 3.90. The van der Waals surface area contributed by atoms with Gasteiger partial charge in [0.2, 0.25) is 0 Å². The number of nitrogens with zero attached hydrogens (tertiary/aromatic N) is 1. The first-order valence-electron chi connectivity index (χ1n) is 5.37. The number of benzene rings is 1. The van der Waals surface area contributed by atoms with Crippen molar-refractivity contribution < 1.29 is 9.50 Å². The Hall–Kier alpha value is -0.640. The number of rotatable bonds is 6. The minimum Gasteiger partial charge on any atom is -0.396 e. The molecule has 0 amide bonds. The molecule has 0 bridgehead atoms. The quantitative estimate of drug-likeness (QED) is 0.779. The van der Waals surface area contributed by atoms with Gasteiger partial charge < -0.3 is 10.0 Å². The zero-order valence-electron chi connectivity index (χ0n) is 9.42. The minimum absolute atomic E-state index is 0.227. The smallest absolute Gasteiger partial charge is 0.124 e. The Morgan fingerprint density at radius 2 is 2.12 bits per heavy atom. The highest BCUT2D eigenvalue weighted by Gasteiger charge is 2.05. The van der Waals surface area contributed by atoms with E-state index >= 15 is 0 Å². The number of unbranched alkanes of at least 4 members (excludes halogenated alkanes) is 1. The predicted molar refractivity (Wildman–Crippen MR) is 64.1 cm³/mol. The van der Waals surface area contributed by atoms with E-state index in [9.17, 15) is 4.39 Å². The summed E-state index contributed by atoms with van der Waals surface area (Å²) in [6.45, 7) is 1.82. The second kappa shape index (κ2) is 6.84. The third kappa shape index (κ3) is 4.47. The monoisotopic (exact) mass is 245 g/mol. The van der Waals surface area contributed by atoms with Crippen molar-refractivity contribution >= 4 is 11.6 Å². The Kier molecular flexibility index (Phi) is 5.74. The summed E-state index contributed by atoms with van der Waals surface area (Å²) in [5.74, 6) is -0.309. The van der Waals surface area contributed by atoms with Gasteiger partial charge in [-0.3, -0.25) is 0 Å². The van der Waals surface area contributed by atoms with Crippen molar-refractivity contribution in [1.29, 1.82) is 0 Å². The molecule has 2 nitrogen and oxygen atoms in total. The van der Waals surface area contributed by atoms with Crippen molar-refractivity contribution in [3.05, 3.63) is 34.6 Å². The zero-order valence-corrected chi connectivity index (χ0v) is 10.2. The normalized spacial score (nSPS) is 11.1. The van der Waals surface area contributed by atoms with E-state index in [1.54, 1.807) is 6.07 Å². The summed E-state index contributed by atoms with van der Waals surface area (Å²) < 4.78 is 12.8. The molecule has 1 aromatic rings. The molecule has 0 radical (unpaired) electrons. The van der Waals surface area contributed by atoms with Crippen LogP contribution in [-0.4, -0.2) is 30.2 Å². The summed E-state index contributed by atoms with van der Waals surface area (Å²) in [5.41, 5.74) is 0.926. The van der Waals surface area contributed by atoms with Crippen LogP contribution in [0.4, 0.5) is 4.39 Å². The maximum Gasteiger partial charge on any atom is 0.124 e. The Morgan fingerprint density at radius 1 is 1.38 bits per heavy atom. The molecule has 1 N–H and O–H groups in total. The molecule has 16 heavy (non-hydrogen) atoms. The molecule has 0 fully saturated rings. The van der Waals surface area contributed by atoms with Gasteiger partial charge in [0, 0.05) is 18.2 Å². The van der Waals surface area contributed by atoms with E-state index in [1.807, 2.05) is 7.05 Å². The molecular weight excluding hydrogens is 229 g/mol. The molecule has 0 saturated carbocycles. The van der Waals surface area contributed by atoms with E-state index < -0.39 is 0 Å². The molecule has 0 aromatic heterocycles. The SMILES string of the molecule is CN(CCCCO)Cc1ccc(F)cc1Cl. The van der Waals surface area contributed by atoms with E-state index in [0.717, 1.165) is 24.9 Å². The maximum absolute atomic E-state index is 12.8. The summed E-state index contributed by atoms with van der Waals surface area (Å²) >= 11 is 5.93. The van der Waals surface area contributed by atoms with Crippen LogP contribution in [0.15, 0.2) is 18.2 Å². The van der Waals surface area contributed by atoms with Crippen molar-refractivity contribution in [2.24, 2.45) is 0 Å². The number of hydrogen-bond acceptors (Lipinski definition) is 2. The third-order valence-corrected chi connectivity index (χ3v) is 2.76. The first kappa shape index (κ1) is 13.4. The van der Waals surface area contributed by atoms with Gasteiger partial charge in [-0.05, 0) is 44.1 Å². The number of hydrogen-bond donors (Lipinski definition) is 1. The van der Waals surface area contributed by atoms with Crippen molar-refractivity contribution in [1.82, 2.24) is 4.90 Å². The Bertz CT molecular complexity index is 333. The van der Waals surface area contributed by atoms with Crippen molar-refractivity contribution in [2.45, 2.75) is 19.4 Å². The minimum atomic E-state index is -0.309. The number of aliphatic hydroxyl groups is 1. The molecule has 0 atom stereocenters. The molecule has 0 saturated heterocycles. The van der Waals surface area contributed by atoms with Crippen LogP contribution in [0.5, 0.6) is 0 Å². The van der Waals surface area contributed by atoms with Crippen LogP contribution in [0, 0.1) is 5.82 Å². The Balaban J connectivity index is 2.46. The summed E-state index contributed by atoms with van der Waals surface area (Å²) in [7, 11) is 1.98. The van der Waals surface area contributed by atoms with Gasteiger partial charge in [-0.15, -0.1) is 0 Å². The molecule has 1 aromatic carbocycles. The lowest BCUT2D eigenvalue weighted by molar-refractivity contribution is 0.261. The van der Waals surface area contributed by atoms with Gasteiger partial charge in [0.15, 0.2) is 0 Å². The molecule has 0 heterocycles. The fourth-order valence-corrected chi connectivity index (χ4v) is 1.74. The van der Waals surface area contributed by atoms with Crippen molar-refractivity contribution in [3.63, 3.8) is 0 Å². The topological polar surface area (TPSA) is 23.5 Å². The first-order valence-corrected chi connectivity index (χ1v) is 5.74. The average molecular weight is 246 g/mol. The average Bonchev–Trinajstić information content (AvgIpc) is 2.23. The molecule has 0 unspecified atom stereocenters. The van der Waals surface area contributed by atoms with Gasteiger partial charge >= 0.3 is 0 Å². The number of halogens is 2. The third-order valence-electron chi connectivity index (χ3n) is 2.40. The summed E-state index contributed by atoms with van der Waals surface area (Å²) in [5, 5.41) is 9.13. The largest absolute Gasteiger partial charge is 0.396 e. The summed E-state index contributed by atoms with van der Waals surface area (Å²) in [6, 6.07) is 4.46. The molecule has 4 heteroatoms. The molecule has 0 aliphatic heterocycles. The molecule has 1 rings (SSSR count). The van der Waals surface area contributed by atoms with Crippen molar-refractivity contribution in [3.8, 4) is 0 Å². The van der Waals surface area contributed by atoms with Crippen LogP contribution >= 0.6 is 11.6 Å². The predicted octanol–water partition coefficient (Wildman–Crippen LogP) is 2.68. The van der Waals surface area contributed by atoms with E-state index in [4.69, 9.17) is 16.7 Å². The van der Waals surface area contributed by atoms with Gasteiger partial charge in [-0.2, -0.15) is 0 Å². The maximum atomic E-state index is 12.8. The Morgan fingerprint density at radius 3 is 2.75 bits per heavy atom. The Labute approximate surface area is 101 Å². The van der Waals surface area contributed by atoms with E-state index in [0.29, 0.717) is 11.6 Å². The van der Waals surface area contributed by atoms with Gasteiger partial charge in [-0.1, -0.05) is 17.7 Å². The van der Waals surface area contributed by atoms with Gasteiger partial charge in [0.25, 0.3) is 0 Å². The summed E-state index contributed by atoms with van der Waals surface area (Å²) in [6.07, 6.45) is 1.76. The molecule has 0 spiro atoms. The second-order valence-corrected chi connectivity index (χ2v) is 4.31. The fraction of sp³-hybridized carbons (Fsp3) is 0.500. The van der Waals surface area contributed by atoms with Crippen LogP contribution in [-0.2, 0) is 6.54 Å². The van der Waals surface area contributed by atoms with Crippen LogP contribution in [0.25, 0.3) is 0 Å². The first-order chi connectivity index (χ1) is 7.63. The van der Waals surface area contributed by atoms with Crippen LogP contribution in [0.1, 0.15) is 18.4 Å². The fourth-order valence-electron chi connectivity index (χ4n) is 1.51. The lowest BCUT2D eigenvalue weighted by atomic mass is 10.2. The number of aliphatic hydroxyl groups excluding tert-OH is 1. The van der Waals surface area contributed by atoms with Crippen LogP contribution in [0.2, 0.25) is 5.02 Å². The van der Waals surface area contributed by atoms with E-state index in [2.05, 4.69) is 4.90 Å². The lowest BCUT2D eigenvalue weighted by Gasteiger charge is -2.17. The highest BCUT2D eigenvalue weighted by atomic mass is 35.5. The van der Waals surface area contributed by atoms with Gasteiger partial charge in [0.05, 0.1) is 0 Å². The molecule has 90 valence electrons. The molecule has 0 aliphatic carbocycles. The molecular formula is C12H17ClFNO. The molecule has 0 aliphatic rings. The summed E-state index contributed by atoms with van der Waals surface area (Å²) in [4.78, 5) is 2.11. The van der Waals surface area contributed by atoms with E-state index in [-0.39, 0.29) is 12.4 Å². The van der Waals surface area contributed by atoms with Gasteiger partial charge in [-0.25, -0.2) is 4.39 Å². The van der Waals surface area contributed by atoms with Crippen LogP contribution < -0.4 is 0 Å². The standard InChI is InChI=1S/C12H17ClFNO/c1-15(6-2-3-7-16)9-10-4-5-11(14)8-12(10)13/h4-5,8,16H,2-3,6-7,9H2,1H3. The lowest BCUT2D eigenvalue weighted by Crippen LogP contribution is -2.19. The van der Waals surface area contributed by atoms with Crippen molar-refractivity contribution in [2.75, 3.05) is 20.2 Å². The highest BCUT2D eigenvalue weighted by Crippen LogP contribution is 2.18. The van der Waals surface area contributed by atoms with E-state index in [1.165, 1.54) is 12.1 Å². The van der Waals surface area contributed by atoms with Crippen LogP contribution in [0.3, 0.4) is 0 Å². The van der Waals surface area contributed by atoms with Gasteiger partial charge in [0.1, 0.15) is 5.82 Å². The highest BCUT2D eigenvalue weighted by molar-refractivity contribution is 6.31. The zero-order chi connectivity index (χ0) is 12.0.